The maximum atomic E-state index is 12.5. The smallest absolute Gasteiger partial charge is 0.320 e. The van der Waals surface area contributed by atoms with Gasteiger partial charge in [-0.25, -0.2) is 4.79 Å². The molecule has 0 spiro atoms. The summed E-state index contributed by atoms with van der Waals surface area (Å²) >= 11 is 0. The summed E-state index contributed by atoms with van der Waals surface area (Å²) in [5.74, 6) is 1.45. The highest BCUT2D eigenvalue weighted by Crippen LogP contribution is 2.24. The lowest BCUT2D eigenvalue weighted by Crippen LogP contribution is -2.52. The molecule has 2 rings (SSSR count). The predicted octanol–water partition coefficient (Wildman–Crippen LogP) is 2.96. The largest absolute Gasteiger partial charge is 0.325 e. The standard InChI is InChI=1S/C14H26N2O/c1-11-6-8-15(9-7-11)14(17)16-10-12(2)4-5-13(16)3/h11-13H,4-10H2,1-3H3. The van der Waals surface area contributed by atoms with Gasteiger partial charge < -0.3 is 9.80 Å². The summed E-state index contributed by atoms with van der Waals surface area (Å²) < 4.78 is 0. The SMILES string of the molecule is CC1CCN(C(=O)N2CC(C)CCC2C)CC1. The van der Waals surface area contributed by atoms with Crippen LogP contribution >= 0.6 is 0 Å². The van der Waals surface area contributed by atoms with E-state index in [2.05, 4.69) is 30.6 Å². The molecular formula is C14H26N2O. The number of likely N-dealkylation sites (tertiary alicyclic amines) is 2. The molecule has 0 aromatic carbocycles. The van der Waals surface area contributed by atoms with Crippen molar-refractivity contribution in [2.24, 2.45) is 11.8 Å². The quantitative estimate of drug-likeness (QED) is 0.636. The number of hydrogen-bond acceptors (Lipinski definition) is 1. The Balaban J connectivity index is 1.94. The Hall–Kier alpha value is -0.730. The van der Waals surface area contributed by atoms with E-state index in [9.17, 15) is 4.79 Å². The molecule has 3 nitrogen and oxygen atoms in total. The molecule has 2 amide bonds. The van der Waals surface area contributed by atoms with Gasteiger partial charge in [-0.05, 0) is 44.4 Å². The van der Waals surface area contributed by atoms with Crippen LogP contribution in [0.25, 0.3) is 0 Å². The number of nitrogens with zero attached hydrogens (tertiary/aromatic N) is 2. The molecule has 2 atom stereocenters. The molecule has 2 fully saturated rings. The Morgan fingerprint density at radius 3 is 2.24 bits per heavy atom. The summed E-state index contributed by atoms with van der Waals surface area (Å²) in [5.41, 5.74) is 0. The number of rotatable bonds is 0. The average Bonchev–Trinajstić information content (AvgIpc) is 2.32. The molecular weight excluding hydrogens is 212 g/mol. The Morgan fingerprint density at radius 2 is 1.59 bits per heavy atom. The van der Waals surface area contributed by atoms with Crippen LogP contribution in [0, 0.1) is 11.8 Å². The fourth-order valence-electron chi connectivity index (χ4n) is 2.94. The van der Waals surface area contributed by atoms with Crippen molar-refractivity contribution in [3.05, 3.63) is 0 Å². The molecule has 2 aliphatic rings. The first kappa shape index (κ1) is 12.7. The predicted molar refractivity (Wildman–Crippen MR) is 69.9 cm³/mol. The first-order valence-electron chi connectivity index (χ1n) is 7.13. The van der Waals surface area contributed by atoms with Crippen molar-refractivity contribution in [1.29, 1.82) is 0 Å². The van der Waals surface area contributed by atoms with Crippen LogP contribution in [0.15, 0.2) is 0 Å². The van der Waals surface area contributed by atoms with Gasteiger partial charge in [-0.1, -0.05) is 13.8 Å². The van der Waals surface area contributed by atoms with Crippen molar-refractivity contribution in [1.82, 2.24) is 9.80 Å². The van der Waals surface area contributed by atoms with Gasteiger partial charge in [-0.15, -0.1) is 0 Å². The van der Waals surface area contributed by atoms with E-state index in [0.29, 0.717) is 12.0 Å². The molecule has 2 saturated heterocycles. The minimum Gasteiger partial charge on any atom is -0.325 e. The number of amides is 2. The molecule has 2 unspecified atom stereocenters. The lowest BCUT2D eigenvalue weighted by atomic mass is 9.95. The van der Waals surface area contributed by atoms with Gasteiger partial charge in [0.15, 0.2) is 0 Å². The van der Waals surface area contributed by atoms with Gasteiger partial charge in [-0.3, -0.25) is 0 Å². The van der Waals surface area contributed by atoms with Crippen molar-refractivity contribution in [3.8, 4) is 0 Å². The van der Waals surface area contributed by atoms with Crippen LogP contribution in [-0.2, 0) is 0 Å². The molecule has 98 valence electrons. The number of piperidine rings is 2. The van der Waals surface area contributed by atoms with Crippen molar-refractivity contribution in [2.75, 3.05) is 19.6 Å². The summed E-state index contributed by atoms with van der Waals surface area (Å²) in [5, 5.41) is 0. The summed E-state index contributed by atoms with van der Waals surface area (Å²) in [6.07, 6.45) is 4.77. The molecule has 0 aromatic rings. The highest BCUT2D eigenvalue weighted by molar-refractivity contribution is 5.75. The van der Waals surface area contributed by atoms with E-state index >= 15 is 0 Å². The minimum atomic E-state index is 0.288. The van der Waals surface area contributed by atoms with E-state index in [1.54, 1.807) is 0 Å². The molecule has 0 N–H and O–H groups in total. The van der Waals surface area contributed by atoms with E-state index in [4.69, 9.17) is 0 Å². The van der Waals surface area contributed by atoms with E-state index in [1.165, 1.54) is 19.3 Å². The van der Waals surface area contributed by atoms with Gasteiger partial charge >= 0.3 is 6.03 Å². The van der Waals surface area contributed by atoms with E-state index in [1.807, 2.05) is 0 Å². The Labute approximate surface area is 105 Å². The van der Waals surface area contributed by atoms with Crippen molar-refractivity contribution in [3.63, 3.8) is 0 Å². The molecule has 0 aromatic heterocycles. The van der Waals surface area contributed by atoms with Crippen LogP contribution in [-0.4, -0.2) is 41.5 Å². The first-order chi connectivity index (χ1) is 8.08. The molecule has 3 heteroatoms. The maximum Gasteiger partial charge on any atom is 0.320 e. The number of hydrogen-bond donors (Lipinski definition) is 0. The second-order valence-corrected chi connectivity index (χ2v) is 6.14. The molecule has 0 aliphatic carbocycles. The maximum absolute atomic E-state index is 12.5. The average molecular weight is 238 g/mol. The lowest BCUT2D eigenvalue weighted by molar-refractivity contribution is 0.0938. The zero-order valence-corrected chi connectivity index (χ0v) is 11.5. The van der Waals surface area contributed by atoms with E-state index in [-0.39, 0.29) is 6.03 Å². The fraction of sp³-hybridized carbons (Fsp3) is 0.929. The number of urea groups is 1. The van der Waals surface area contributed by atoms with Gasteiger partial charge in [0.05, 0.1) is 0 Å². The summed E-state index contributed by atoms with van der Waals surface area (Å²) in [4.78, 5) is 16.6. The molecule has 0 radical (unpaired) electrons. The highest BCUT2D eigenvalue weighted by Gasteiger charge is 2.31. The third-order valence-electron chi connectivity index (χ3n) is 4.42. The van der Waals surface area contributed by atoms with E-state index in [0.717, 1.165) is 32.0 Å². The van der Waals surface area contributed by atoms with Gasteiger partial charge in [0, 0.05) is 25.7 Å². The van der Waals surface area contributed by atoms with Crippen LogP contribution in [0.5, 0.6) is 0 Å². The Bertz CT molecular complexity index is 271. The van der Waals surface area contributed by atoms with Crippen molar-refractivity contribution >= 4 is 6.03 Å². The highest BCUT2D eigenvalue weighted by atomic mass is 16.2. The zero-order valence-electron chi connectivity index (χ0n) is 11.5. The first-order valence-corrected chi connectivity index (χ1v) is 7.13. The number of carbonyl (C=O) groups is 1. The van der Waals surface area contributed by atoms with E-state index < -0.39 is 0 Å². The monoisotopic (exact) mass is 238 g/mol. The Morgan fingerprint density at radius 1 is 0.941 bits per heavy atom. The normalized spacial score (nSPS) is 31.7. The second kappa shape index (κ2) is 5.28. The minimum absolute atomic E-state index is 0.288. The molecule has 17 heavy (non-hydrogen) atoms. The Kier molecular flexibility index (Phi) is 3.95. The van der Waals surface area contributed by atoms with Gasteiger partial charge in [0.2, 0.25) is 0 Å². The molecule has 0 saturated carbocycles. The molecule has 0 bridgehead atoms. The number of carbonyl (C=O) groups excluding carboxylic acids is 1. The van der Waals surface area contributed by atoms with Crippen molar-refractivity contribution < 1.29 is 4.79 Å². The summed E-state index contributed by atoms with van der Waals surface area (Å²) in [6, 6.07) is 0.717. The van der Waals surface area contributed by atoms with Gasteiger partial charge in [0.1, 0.15) is 0 Å². The molecule has 2 aliphatic heterocycles. The summed E-state index contributed by atoms with van der Waals surface area (Å²) in [7, 11) is 0. The van der Waals surface area contributed by atoms with Crippen LogP contribution in [0.2, 0.25) is 0 Å². The topological polar surface area (TPSA) is 23.6 Å². The second-order valence-electron chi connectivity index (χ2n) is 6.14. The molecule has 2 heterocycles. The summed E-state index contributed by atoms with van der Waals surface area (Å²) in [6.45, 7) is 9.59. The lowest BCUT2D eigenvalue weighted by Gasteiger charge is -2.41. The van der Waals surface area contributed by atoms with Crippen LogP contribution in [0.3, 0.4) is 0 Å². The van der Waals surface area contributed by atoms with Gasteiger partial charge in [-0.2, -0.15) is 0 Å². The van der Waals surface area contributed by atoms with Gasteiger partial charge in [0.25, 0.3) is 0 Å². The van der Waals surface area contributed by atoms with Crippen LogP contribution in [0.1, 0.15) is 46.5 Å². The van der Waals surface area contributed by atoms with Crippen LogP contribution < -0.4 is 0 Å². The third-order valence-corrected chi connectivity index (χ3v) is 4.42. The van der Waals surface area contributed by atoms with Crippen LogP contribution in [0.4, 0.5) is 4.79 Å². The fourth-order valence-corrected chi connectivity index (χ4v) is 2.94. The van der Waals surface area contributed by atoms with Crippen molar-refractivity contribution in [2.45, 2.75) is 52.5 Å². The zero-order chi connectivity index (χ0) is 12.4. The third kappa shape index (κ3) is 2.93.